The van der Waals surface area contributed by atoms with Crippen LogP contribution >= 0.6 is 0 Å². The van der Waals surface area contributed by atoms with Crippen LogP contribution in [0.25, 0.3) is 33.9 Å². The molecule has 0 aliphatic carbocycles. The standard InChI is InChI=1S/C21H14FNO/c22-19-9-5-4-8-18(19)21-23-14-20(24-21)17-12-10-16(11-13-17)15-6-2-1-3-7-15/h1-14H. The molecule has 1 heterocycles. The predicted octanol–water partition coefficient (Wildman–Crippen LogP) is 5.81. The number of nitrogens with zero attached hydrogens (tertiary/aromatic N) is 1. The molecule has 0 bridgehead atoms. The normalized spacial score (nSPS) is 10.7. The molecule has 0 aliphatic rings. The molecule has 24 heavy (non-hydrogen) atoms. The number of rotatable bonds is 3. The van der Waals surface area contributed by atoms with Gasteiger partial charge < -0.3 is 4.42 Å². The zero-order valence-electron chi connectivity index (χ0n) is 12.8. The summed E-state index contributed by atoms with van der Waals surface area (Å²) in [4.78, 5) is 4.20. The molecule has 4 aromatic rings. The molecule has 0 atom stereocenters. The third-order valence-corrected chi connectivity index (χ3v) is 3.89. The SMILES string of the molecule is Fc1ccccc1-c1ncc(-c2ccc(-c3ccccc3)cc2)o1. The summed E-state index contributed by atoms with van der Waals surface area (Å²) < 4.78 is 19.6. The molecule has 0 spiro atoms. The first-order chi connectivity index (χ1) is 11.8. The molecular weight excluding hydrogens is 301 g/mol. The second kappa shape index (κ2) is 6.13. The van der Waals surface area contributed by atoms with Crippen LogP contribution in [-0.4, -0.2) is 4.98 Å². The third-order valence-electron chi connectivity index (χ3n) is 3.89. The highest BCUT2D eigenvalue weighted by Gasteiger charge is 2.12. The number of aromatic nitrogens is 1. The number of hydrogen-bond donors (Lipinski definition) is 0. The van der Waals surface area contributed by atoms with Gasteiger partial charge in [0.15, 0.2) is 5.76 Å². The molecule has 0 aliphatic heterocycles. The van der Waals surface area contributed by atoms with E-state index in [4.69, 9.17) is 4.42 Å². The van der Waals surface area contributed by atoms with Crippen LogP contribution in [0.1, 0.15) is 0 Å². The van der Waals surface area contributed by atoms with Gasteiger partial charge in [0.1, 0.15) is 5.82 Å². The molecule has 2 nitrogen and oxygen atoms in total. The lowest BCUT2D eigenvalue weighted by molar-refractivity contribution is 0.573. The van der Waals surface area contributed by atoms with E-state index in [9.17, 15) is 4.39 Å². The first-order valence-electron chi connectivity index (χ1n) is 7.68. The summed E-state index contributed by atoms with van der Waals surface area (Å²) in [5.74, 6) is 0.563. The molecule has 116 valence electrons. The third kappa shape index (κ3) is 2.72. The van der Waals surface area contributed by atoms with E-state index in [2.05, 4.69) is 17.1 Å². The Bertz CT molecular complexity index is 959. The van der Waals surface area contributed by atoms with Crippen molar-refractivity contribution in [2.45, 2.75) is 0 Å². The molecular formula is C21H14FNO. The second-order valence-corrected chi connectivity index (χ2v) is 5.45. The highest BCUT2D eigenvalue weighted by atomic mass is 19.1. The van der Waals surface area contributed by atoms with Crippen molar-refractivity contribution in [3.63, 3.8) is 0 Å². The van der Waals surface area contributed by atoms with E-state index in [-0.39, 0.29) is 11.7 Å². The van der Waals surface area contributed by atoms with Crippen LogP contribution in [0.5, 0.6) is 0 Å². The number of benzene rings is 3. The van der Waals surface area contributed by atoms with Crippen molar-refractivity contribution < 1.29 is 8.81 Å². The fraction of sp³-hybridized carbons (Fsp3) is 0. The molecule has 0 saturated carbocycles. The first-order valence-corrected chi connectivity index (χ1v) is 7.68. The maximum atomic E-state index is 13.8. The zero-order valence-corrected chi connectivity index (χ0v) is 12.8. The minimum absolute atomic E-state index is 0.287. The number of hydrogen-bond acceptors (Lipinski definition) is 2. The topological polar surface area (TPSA) is 26.0 Å². The van der Waals surface area contributed by atoms with Crippen molar-refractivity contribution in [1.29, 1.82) is 0 Å². The van der Waals surface area contributed by atoms with Crippen LogP contribution in [0.15, 0.2) is 89.5 Å². The van der Waals surface area contributed by atoms with Gasteiger partial charge in [-0.2, -0.15) is 0 Å². The zero-order chi connectivity index (χ0) is 16.4. The van der Waals surface area contributed by atoms with E-state index in [1.807, 2.05) is 42.5 Å². The average Bonchev–Trinajstić information content (AvgIpc) is 3.13. The maximum absolute atomic E-state index is 13.8. The van der Waals surface area contributed by atoms with Gasteiger partial charge in [-0.05, 0) is 23.3 Å². The highest BCUT2D eigenvalue weighted by molar-refractivity contribution is 5.68. The van der Waals surface area contributed by atoms with Gasteiger partial charge in [0.25, 0.3) is 0 Å². The van der Waals surface area contributed by atoms with E-state index < -0.39 is 0 Å². The minimum Gasteiger partial charge on any atom is -0.436 e. The van der Waals surface area contributed by atoms with Crippen LogP contribution in [0.4, 0.5) is 4.39 Å². The van der Waals surface area contributed by atoms with E-state index in [1.165, 1.54) is 6.07 Å². The van der Waals surface area contributed by atoms with Crippen molar-refractivity contribution in [2.75, 3.05) is 0 Å². The summed E-state index contributed by atoms with van der Waals surface area (Å²) in [6, 6.07) is 24.7. The summed E-state index contributed by atoms with van der Waals surface area (Å²) in [6.07, 6.45) is 1.62. The Morgan fingerprint density at radius 2 is 1.29 bits per heavy atom. The summed E-state index contributed by atoms with van der Waals surface area (Å²) in [5.41, 5.74) is 3.57. The lowest BCUT2D eigenvalue weighted by Gasteiger charge is -2.02. The van der Waals surface area contributed by atoms with Gasteiger partial charge in [-0.1, -0.05) is 66.7 Å². The fourth-order valence-electron chi connectivity index (χ4n) is 2.62. The largest absolute Gasteiger partial charge is 0.436 e. The predicted molar refractivity (Wildman–Crippen MR) is 92.8 cm³/mol. The highest BCUT2D eigenvalue weighted by Crippen LogP contribution is 2.29. The van der Waals surface area contributed by atoms with Crippen molar-refractivity contribution in [3.8, 4) is 33.9 Å². The Balaban J connectivity index is 1.65. The van der Waals surface area contributed by atoms with Crippen LogP contribution < -0.4 is 0 Å². The second-order valence-electron chi connectivity index (χ2n) is 5.45. The molecule has 3 heteroatoms. The summed E-state index contributed by atoms with van der Waals surface area (Å²) in [5, 5.41) is 0. The van der Waals surface area contributed by atoms with Crippen molar-refractivity contribution in [1.82, 2.24) is 4.98 Å². The summed E-state index contributed by atoms with van der Waals surface area (Å²) in [6.45, 7) is 0. The van der Waals surface area contributed by atoms with Gasteiger partial charge in [0, 0.05) is 5.56 Å². The lowest BCUT2D eigenvalue weighted by atomic mass is 10.0. The molecule has 0 saturated heterocycles. The van der Waals surface area contributed by atoms with E-state index in [0.29, 0.717) is 11.3 Å². The Morgan fingerprint density at radius 3 is 2.04 bits per heavy atom. The molecule has 0 unspecified atom stereocenters. The molecule has 0 N–H and O–H groups in total. The van der Waals surface area contributed by atoms with Gasteiger partial charge in [-0.3, -0.25) is 0 Å². The van der Waals surface area contributed by atoms with Crippen LogP contribution in [0.3, 0.4) is 0 Å². The van der Waals surface area contributed by atoms with Gasteiger partial charge in [0.05, 0.1) is 11.8 Å². The Labute approximate surface area is 139 Å². The van der Waals surface area contributed by atoms with Crippen LogP contribution in [0, 0.1) is 5.82 Å². The smallest absolute Gasteiger partial charge is 0.229 e. The minimum atomic E-state index is -0.342. The Hall–Kier alpha value is -3.20. The van der Waals surface area contributed by atoms with Crippen molar-refractivity contribution in [3.05, 3.63) is 90.9 Å². The molecule has 0 amide bonds. The number of oxazole rings is 1. The van der Waals surface area contributed by atoms with E-state index >= 15 is 0 Å². The van der Waals surface area contributed by atoms with Gasteiger partial charge in [-0.15, -0.1) is 0 Å². The molecule has 0 radical (unpaired) electrons. The van der Waals surface area contributed by atoms with Crippen LogP contribution in [-0.2, 0) is 0 Å². The molecule has 4 rings (SSSR count). The van der Waals surface area contributed by atoms with E-state index in [0.717, 1.165) is 16.7 Å². The quantitative estimate of drug-likeness (QED) is 0.476. The first kappa shape index (κ1) is 14.4. The van der Waals surface area contributed by atoms with Crippen molar-refractivity contribution >= 4 is 0 Å². The monoisotopic (exact) mass is 315 g/mol. The summed E-state index contributed by atoms with van der Waals surface area (Å²) in [7, 11) is 0. The van der Waals surface area contributed by atoms with Gasteiger partial charge in [-0.25, -0.2) is 9.37 Å². The summed E-state index contributed by atoms with van der Waals surface area (Å²) >= 11 is 0. The Morgan fingerprint density at radius 1 is 0.667 bits per heavy atom. The molecule has 1 aromatic heterocycles. The van der Waals surface area contributed by atoms with Gasteiger partial charge >= 0.3 is 0 Å². The van der Waals surface area contributed by atoms with Crippen LogP contribution in [0.2, 0.25) is 0 Å². The Kier molecular flexibility index (Phi) is 3.67. The average molecular weight is 315 g/mol. The fourth-order valence-corrected chi connectivity index (χ4v) is 2.62. The molecule has 3 aromatic carbocycles. The maximum Gasteiger partial charge on any atom is 0.229 e. The van der Waals surface area contributed by atoms with Crippen molar-refractivity contribution in [2.24, 2.45) is 0 Å². The molecule has 0 fully saturated rings. The van der Waals surface area contributed by atoms with E-state index in [1.54, 1.807) is 24.4 Å². The van der Waals surface area contributed by atoms with Gasteiger partial charge in [0.2, 0.25) is 5.89 Å². The lowest BCUT2D eigenvalue weighted by Crippen LogP contribution is -1.82. The number of halogens is 1.